The number of nitrogens with zero attached hydrogens (tertiary/aromatic N) is 1. The zero-order valence-corrected chi connectivity index (χ0v) is 15.5. The monoisotopic (exact) mass is 363 g/mol. The molecule has 2 atom stereocenters. The first-order valence-corrected chi connectivity index (χ1v) is 8.61. The third kappa shape index (κ3) is 5.93. The lowest BCUT2D eigenvalue weighted by Crippen LogP contribution is -2.45. The molecule has 0 radical (unpaired) electrons. The van der Waals surface area contributed by atoms with E-state index in [9.17, 15) is 4.79 Å². The maximum absolute atomic E-state index is 12.3. The molecule has 134 valence electrons. The van der Waals surface area contributed by atoms with Gasteiger partial charge in [0.15, 0.2) is 0 Å². The number of likely N-dealkylation sites (tertiary alicyclic amines) is 1. The molecule has 23 heavy (non-hydrogen) atoms. The Bertz CT molecular complexity index is 374. The van der Waals surface area contributed by atoms with Crippen LogP contribution in [-0.2, 0) is 4.79 Å². The number of hydrogen-bond donors (Lipinski definition) is 2. The highest BCUT2D eigenvalue weighted by molar-refractivity contribution is 5.85. The van der Waals surface area contributed by atoms with Crippen molar-refractivity contribution in [1.82, 2.24) is 15.5 Å². The third-order valence-electron chi connectivity index (χ3n) is 5.38. The van der Waals surface area contributed by atoms with Gasteiger partial charge in [-0.1, -0.05) is 6.08 Å². The number of nitrogens with one attached hydrogen (secondary N) is 2. The second-order valence-corrected chi connectivity index (χ2v) is 7.11. The topological polar surface area (TPSA) is 44.4 Å². The summed E-state index contributed by atoms with van der Waals surface area (Å²) < 4.78 is 0. The number of fused-ring (bicyclic) bond motifs is 2. The molecular weight excluding hydrogens is 333 g/mol. The molecule has 0 spiro atoms. The first-order chi connectivity index (χ1) is 10.2. The molecule has 0 aromatic heterocycles. The lowest BCUT2D eigenvalue weighted by Gasteiger charge is -2.32. The zero-order chi connectivity index (χ0) is 14.7. The first-order valence-electron chi connectivity index (χ1n) is 8.61. The van der Waals surface area contributed by atoms with Gasteiger partial charge in [0.2, 0.25) is 5.91 Å². The molecule has 2 N–H and O–H groups in total. The molecular formula is C17H31Cl2N3O. The van der Waals surface area contributed by atoms with E-state index in [1.165, 1.54) is 25.7 Å². The normalized spacial score (nSPS) is 30.9. The number of rotatable bonds is 5. The van der Waals surface area contributed by atoms with Crippen molar-refractivity contribution in [2.24, 2.45) is 5.92 Å². The molecule has 1 amide bonds. The van der Waals surface area contributed by atoms with Gasteiger partial charge >= 0.3 is 0 Å². The molecule has 4 nitrogen and oxygen atoms in total. The van der Waals surface area contributed by atoms with Crippen molar-refractivity contribution in [3.8, 4) is 0 Å². The summed E-state index contributed by atoms with van der Waals surface area (Å²) in [7, 11) is 0. The smallest absolute Gasteiger partial charge is 0.220 e. The predicted octanol–water partition coefficient (Wildman–Crippen LogP) is 2.52. The van der Waals surface area contributed by atoms with Crippen LogP contribution in [0, 0.1) is 5.92 Å². The third-order valence-corrected chi connectivity index (χ3v) is 5.38. The van der Waals surface area contributed by atoms with Crippen LogP contribution in [0.25, 0.3) is 0 Å². The van der Waals surface area contributed by atoms with Crippen LogP contribution in [0.15, 0.2) is 12.7 Å². The molecule has 0 aromatic rings. The largest absolute Gasteiger partial charge is 0.353 e. The van der Waals surface area contributed by atoms with E-state index in [0.717, 1.165) is 38.9 Å². The molecule has 3 rings (SSSR count). The van der Waals surface area contributed by atoms with Gasteiger partial charge in [0, 0.05) is 44.2 Å². The van der Waals surface area contributed by atoms with E-state index in [4.69, 9.17) is 0 Å². The van der Waals surface area contributed by atoms with Crippen molar-refractivity contribution in [3.63, 3.8) is 0 Å². The van der Waals surface area contributed by atoms with Gasteiger partial charge in [0.05, 0.1) is 0 Å². The minimum absolute atomic E-state index is 0. The van der Waals surface area contributed by atoms with Crippen molar-refractivity contribution >= 4 is 30.7 Å². The summed E-state index contributed by atoms with van der Waals surface area (Å²) in [4.78, 5) is 14.7. The first kappa shape index (κ1) is 20.8. The Morgan fingerprint density at radius 3 is 2.30 bits per heavy atom. The highest BCUT2D eigenvalue weighted by Crippen LogP contribution is 2.32. The van der Waals surface area contributed by atoms with Crippen molar-refractivity contribution in [1.29, 1.82) is 0 Å². The molecule has 2 bridgehead atoms. The van der Waals surface area contributed by atoms with Gasteiger partial charge in [-0.25, -0.2) is 0 Å². The molecule has 6 heteroatoms. The van der Waals surface area contributed by atoms with E-state index in [1.54, 1.807) is 0 Å². The average molecular weight is 364 g/mol. The summed E-state index contributed by atoms with van der Waals surface area (Å²) >= 11 is 0. The van der Waals surface area contributed by atoms with E-state index in [-0.39, 0.29) is 30.7 Å². The highest BCUT2D eigenvalue weighted by atomic mass is 35.5. The average Bonchev–Trinajstić information content (AvgIpc) is 2.80. The minimum Gasteiger partial charge on any atom is -0.353 e. The van der Waals surface area contributed by atoms with Gasteiger partial charge < -0.3 is 10.6 Å². The fourth-order valence-electron chi connectivity index (χ4n) is 4.33. The summed E-state index contributed by atoms with van der Waals surface area (Å²) in [5.74, 6) is 0.882. The fourth-order valence-corrected chi connectivity index (χ4v) is 4.33. The number of carbonyl (C=O) groups is 1. The second kappa shape index (κ2) is 9.87. The van der Waals surface area contributed by atoms with Crippen molar-refractivity contribution in [2.45, 2.75) is 63.1 Å². The second-order valence-electron chi connectivity index (χ2n) is 7.11. The molecule has 3 aliphatic heterocycles. The standard InChI is InChI=1S/C17H29N3O.2ClH/c1-2-7-20-8-5-14(6-9-20)19-17(21)12-13-10-15-3-4-16(11-13)18-15;;/h2,13-16,18H,1,3-12H2,(H,19,21);2*1H. The molecule has 3 heterocycles. The summed E-state index contributed by atoms with van der Waals surface area (Å²) in [6, 6.07) is 1.75. The van der Waals surface area contributed by atoms with Crippen molar-refractivity contribution in [3.05, 3.63) is 12.7 Å². The van der Waals surface area contributed by atoms with Crippen molar-refractivity contribution in [2.75, 3.05) is 19.6 Å². The number of carbonyl (C=O) groups excluding carboxylic acids is 1. The van der Waals surface area contributed by atoms with Crippen LogP contribution in [0.3, 0.4) is 0 Å². The highest BCUT2D eigenvalue weighted by Gasteiger charge is 2.34. The Hall–Kier alpha value is -0.290. The van der Waals surface area contributed by atoms with Gasteiger partial charge in [0.1, 0.15) is 0 Å². The number of piperidine rings is 2. The molecule has 0 aliphatic carbocycles. The van der Waals surface area contributed by atoms with Crippen LogP contribution >= 0.6 is 24.8 Å². The Labute approximate surface area is 152 Å². The SMILES string of the molecule is C=CCN1CCC(NC(=O)CC2CC3CCC(C2)N3)CC1.Cl.Cl. The van der Waals surface area contributed by atoms with Gasteiger partial charge in [0.25, 0.3) is 0 Å². The Morgan fingerprint density at radius 2 is 1.74 bits per heavy atom. The molecule has 3 saturated heterocycles. The van der Waals surface area contributed by atoms with E-state index >= 15 is 0 Å². The van der Waals surface area contributed by atoms with E-state index in [1.807, 2.05) is 6.08 Å². The molecule has 2 unspecified atom stereocenters. The van der Waals surface area contributed by atoms with Gasteiger partial charge in [-0.05, 0) is 44.4 Å². The summed E-state index contributed by atoms with van der Waals surface area (Å²) in [5.41, 5.74) is 0. The van der Waals surface area contributed by atoms with Crippen LogP contribution in [0.5, 0.6) is 0 Å². The van der Waals surface area contributed by atoms with Gasteiger partial charge in [-0.3, -0.25) is 9.69 Å². The van der Waals surface area contributed by atoms with Crippen LogP contribution in [0.4, 0.5) is 0 Å². The molecule has 0 aromatic carbocycles. The quantitative estimate of drug-likeness (QED) is 0.737. The Kier molecular flexibility index (Phi) is 8.91. The van der Waals surface area contributed by atoms with Crippen LogP contribution in [-0.4, -0.2) is 48.6 Å². The Balaban J connectivity index is 0.00000132. The summed E-state index contributed by atoms with van der Waals surface area (Å²) in [6.07, 6.45) is 9.87. The molecule has 3 fully saturated rings. The minimum atomic E-state index is 0. The lowest BCUT2D eigenvalue weighted by molar-refractivity contribution is -0.123. The lowest BCUT2D eigenvalue weighted by atomic mass is 9.89. The summed E-state index contributed by atoms with van der Waals surface area (Å²) in [5, 5.41) is 6.91. The van der Waals surface area contributed by atoms with Gasteiger partial charge in [-0.15, -0.1) is 31.4 Å². The van der Waals surface area contributed by atoms with E-state index in [0.29, 0.717) is 24.0 Å². The van der Waals surface area contributed by atoms with Crippen LogP contribution < -0.4 is 10.6 Å². The number of hydrogen-bond acceptors (Lipinski definition) is 3. The molecule has 0 saturated carbocycles. The van der Waals surface area contributed by atoms with Crippen LogP contribution in [0.2, 0.25) is 0 Å². The zero-order valence-electron chi connectivity index (χ0n) is 13.8. The van der Waals surface area contributed by atoms with Crippen LogP contribution in [0.1, 0.15) is 44.9 Å². The van der Waals surface area contributed by atoms with Gasteiger partial charge in [-0.2, -0.15) is 0 Å². The predicted molar refractivity (Wildman–Crippen MR) is 99.6 cm³/mol. The summed E-state index contributed by atoms with van der Waals surface area (Å²) in [6.45, 7) is 6.91. The van der Waals surface area contributed by atoms with Crippen molar-refractivity contribution < 1.29 is 4.79 Å². The maximum Gasteiger partial charge on any atom is 0.220 e. The van der Waals surface area contributed by atoms with E-state index in [2.05, 4.69) is 22.1 Å². The van der Waals surface area contributed by atoms with E-state index < -0.39 is 0 Å². The number of amides is 1. The number of halogens is 2. The fraction of sp³-hybridized carbons (Fsp3) is 0.824. The molecule has 3 aliphatic rings. The Morgan fingerprint density at radius 1 is 1.13 bits per heavy atom. The maximum atomic E-state index is 12.3.